The number of benzene rings is 2. The second kappa shape index (κ2) is 9.68. The van der Waals surface area contributed by atoms with E-state index in [1.807, 2.05) is 36.4 Å². The molecule has 0 radical (unpaired) electrons. The summed E-state index contributed by atoms with van der Waals surface area (Å²) in [6, 6.07) is 16.9. The van der Waals surface area contributed by atoms with Crippen LogP contribution < -0.4 is 15.4 Å². The molecular weight excluding hydrogens is 445 g/mol. The van der Waals surface area contributed by atoms with E-state index >= 15 is 0 Å². The Morgan fingerprint density at radius 1 is 1.14 bits per heavy atom. The number of carbonyl (C=O) groups is 1. The molecule has 0 saturated heterocycles. The van der Waals surface area contributed by atoms with E-state index in [0.29, 0.717) is 23.7 Å². The summed E-state index contributed by atoms with van der Waals surface area (Å²) in [4.78, 5) is 18.5. The molecule has 0 fully saturated rings. The van der Waals surface area contributed by atoms with E-state index in [9.17, 15) is 9.18 Å². The Balaban J connectivity index is 1.55. The number of para-hydroxylation sites is 1. The highest BCUT2D eigenvalue weighted by atomic mass is 19.1. The second-order valence-electron chi connectivity index (χ2n) is 8.49. The van der Waals surface area contributed by atoms with Crippen molar-refractivity contribution in [2.24, 2.45) is 7.05 Å². The number of hydrogen-bond acceptors (Lipinski definition) is 6. The first-order valence-electron chi connectivity index (χ1n) is 11.5. The predicted octanol–water partition coefficient (Wildman–Crippen LogP) is 4.70. The number of halogens is 1. The molecule has 2 aromatic heterocycles. The van der Waals surface area contributed by atoms with Crippen molar-refractivity contribution in [2.75, 3.05) is 19.0 Å². The van der Waals surface area contributed by atoms with Gasteiger partial charge in [0.25, 0.3) is 0 Å². The van der Waals surface area contributed by atoms with Crippen molar-refractivity contribution in [1.82, 2.24) is 20.1 Å². The minimum Gasteiger partial charge on any atom is -0.493 e. The lowest BCUT2D eigenvalue weighted by Crippen LogP contribution is -2.35. The minimum absolute atomic E-state index is 0.0872. The number of ketones is 1. The molecule has 35 heavy (non-hydrogen) atoms. The Morgan fingerprint density at radius 3 is 2.69 bits per heavy atom. The first-order chi connectivity index (χ1) is 17.0. The Bertz CT molecular complexity index is 1330. The SMILES string of the molecule is CNc1ccc(C(NC2CCOc3ccccc32)C(=O)c2nn(C)cc2-c2ccc(F)cc2)cn1. The van der Waals surface area contributed by atoms with Crippen molar-refractivity contribution in [2.45, 2.75) is 18.5 Å². The van der Waals surface area contributed by atoms with Crippen molar-refractivity contribution < 1.29 is 13.9 Å². The Labute approximate surface area is 203 Å². The topological polar surface area (TPSA) is 81.1 Å². The third kappa shape index (κ3) is 4.65. The summed E-state index contributed by atoms with van der Waals surface area (Å²) in [5.74, 6) is 1.00. The molecule has 8 heteroatoms. The molecule has 2 N–H and O–H groups in total. The number of hydrogen-bond donors (Lipinski definition) is 2. The number of nitrogens with zero attached hydrogens (tertiary/aromatic N) is 3. The van der Waals surface area contributed by atoms with Gasteiger partial charge in [0, 0.05) is 50.1 Å². The van der Waals surface area contributed by atoms with Crippen LogP contribution in [-0.2, 0) is 7.05 Å². The molecule has 1 aliphatic heterocycles. The molecular formula is C27H26FN5O2. The Morgan fingerprint density at radius 2 is 1.94 bits per heavy atom. The zero-order valence-electron chi connectivity index (χ0n) is 19.5. The van der Waals surface area contributed by atoms with Crippen LogP contribution in [0.1, 0.15) is 40.1 Å². The van der Waals surface area contributed by atoms with E-state index in [-0.39, 0.29) is 17.6 Å². The third-order valence-electron chi connectivity index (χ3n) is 6.18. The largest absolute Gasteiger partial charge is 0.493 e. The number of aromatic nitrogens is 3. The van der Waals surface area contributed by atoms with Gasteiger partial charge in [-0.1, -0.05) is 36.4 Å². The fourth-order valence-electron chi connectivity index (χ4n) is 4.41. The van der Waals surface area contributed by atoms with E-state index in [2.05, 4.69) is 20.7 Å². The first-order valence-corrected chi connectivity index (χ1v) is 11.5. The van der Waals surface area contributed by atoms with Crippen molar-refractivity contribution in [3.8, 4) is 16.9 Å². The molecule has 0 bridgehead atoms. The van der Waals surface area contributed by atoms with Crippen LogP contribution in [-0.4, -0.2) is 34.2 Å². The lowest BCUT2D eigenvalue weighted by atomic mass is 9.94. The first kappa shape index (κ1) is 22.7. The van der Waals surface area contributed by atoms with Crippen LogP contribution >= 0.6 is 0 Å². The second-order valence-corrected chi connectivity index (χ2v) is 8.49. The molecule has 7 nitrogen and oxygen atoms in total. The van der Waals surface area contributed by atoms with Gasteiger partial charge in [-0.05, 0) is 35.4 Å². The molecule has 2 aromatic carbocycles. The molecule has 0 aliphatic carbocycles. The van der Waals surface area contributed by atoms with Crippen LogP contribution in [0.2, 0.25) is 0 Å². The quantitative estimate of drug-likeness (QED) is 0.380. The summed E-state index contributed by atoms with van der Waals surface area (Å²) in [6.07, 6.45) is 4.20. The van der Waals surface area contributed by atoms with Crippen molar-refractivity contribution >= 4 is 11.6 Å². The van der Waals surface area contributed by atoms with Gasteiger partial charge < -0.3 is 10.1 Å². The third-order valence-corrected chi connectivity index (χ3v) is 6.18. The number of aryl methyl sites for hydroxylation is 1. The standard InChI is InChI=1S/C27H26FN5O2/c1-29-24-12-9-18(15-30-24)25(31-22-13-14-35-23-6-4-3-5-20(22)23)27(34)26-21(16-33(2)32-26)17-7-10-19(28)11-8-17/h3-12,15-16,22,25,31H,13-14H2,1-2H3,(H,29,30). The van der Waals surface area contributed by atoms with Gasteiger partial charge in [0.2, 0.25) is 5.78 Å². The van der Waals surface area contributed by atoms with Gasteiger partial charge in [0.05, 0.1) is 6.61 Å². The number of Topliss-reactive ketones (excluding diaryl/α,β-unsaturated/α-hetero) is 1. The molecule has 0 spiro atoms. The summed E-state index contributed by atoms with van der Waals surface area (Å²) in [5, 5.41) is 11.1. The highest BCUT2D eigenvalue weighted by Gasteiger charge is 2.32. The smallest absolute Gasteiger partial charge is 0.205 e. The summed E-state index contributed by atoms with van der Waals surface area (Å²) < 4.78 is 21.0. The highest BCUT2D eigenvalue weighted by Crippen LogP contribution is 2.35. The predicted molar refractivity (Wildman–Crippen MR) is 132 cm³/mol. The maximum absolute atomic E-state index is 14.1. The van der Waals surface area contributed by atoms with Crippen LogP contribution in [0.4, 0.5) is 10.2 Å². The lowest BCUT2D eigenvalue weighted by molar-refractivity contribution is 0.0924. The Hall–Kier alpha value is -4.04. The van der Waals surface area contributed by atoms with Gasteiger partial charge in [-0.2, -0.15) is 5.10 Å². The molecule has 1 aliphatic rings. The highest BCUT2D eigenvalue weighted by molar-refractivity contribution is 6.04. The molecule has 2 atom stereocenters. The van der Waals surface area contributed by atoms with Gasteiger partial charge in [-0.25, -0.2) is 9.37 Å². The number of ether oxygens (including phenoxy) is 1. The zero-order valence-corrected chi connectivity index (χ0v) is 19.5. The maximum Gasteiger partial charge on any atom is 0.205 e. The molecule has 0 saturated carbocycles. The van der Waals surface area contributed by atoms with Crippen LogP contribution in [0.25, 0.3) is 11.1 Å². The van der Waals surface area contributed by atoms with Gasteiger partial charge in [0.1, 0.15) is 29.1 Å². The number of nitrogens with one attached hydrogen (secondary N) is 2. The average molecular weight is 472 g/mol. The van der Waals surface area contributed by atoms with Crippen molar-refractivity contribution in [1.29, 1.82) is 0 Å². The van der Waals surface area contributed by atoms with E-state index in [4.69, 9.17) is 4.74 Å². The number of carbonyl (C=O) groups excluding carboxylic acids is 1. The normalized spacial score (nSPS) is 15.7. The van der Waals surface area contributed by atoms with E-state index < -0.39 is 6.04 Å². The summed E-state index contributed by atoms with van der Waals surface area (Å²) in [5.41, 5.74) is 3.43. The zero-order chi connectivity index (χ0) is 24.4. The number of rotatable bonds is 7. The van der Waals surface area contributed by atoms with E-state index in [1.165, 1.54) is 12.1 Å². The summed E-state index contributed by atoms with van der Waals surface area (Å²) in [6.45, 7) is 0.553. The number of fused-ring (bicyclic) bond motifs is 1. The monoisotopic (exact) mass is 471 g/mol. The number of anilines is 1. The van der Waals surface area contributed by atoms with Crippen molar-refractivity contribution in [3.63, 3.8) is 0 Å². The van der Waals surface area contributed by atoms with E-state index in [0.717, 1.165) is 28.9 Å². The molecule has 0 amide bonds. The van der Waals surface area contributed by atoms with Gasteiger partial charge in [-0.15, -0.1) is 0 Å². The molecule has 2 unspecified atom stereocenters. The van der Waals surface area contributed by atoms with Gasteiger partial charge in [-0.3, -0.25) is 14.8 Å². The fourth-order valence-corrected chi connectivity index (χ4v) is 4.41. The molecule has 3 heterocycles. The Kier molecular flexibility index (Phi) is 6.29. The minimum atomic E-state index is -0.696. The maximum atomic E-state index is 14.1. The van der Waals surface area contributed by atoms with Gasteiger partial charge >= 0.3 is 0 Å². The summed E-state index contributed by atoms with van der Waals surface area (Å²) >= 11 is 0. The molecule has 5 rings (SSSR count). The van der Waals surface area contributed by atoms with Crippen LogP contribution in [0.5, 0.6) is 5.75 Å². The number of pyridine rings is 1. The van der Waals surface area contributed by atoms with Crippen molar-refractivity contribution in [3.05, 3.63) is 95.7 Å². The summed E-state index contributed by atoms with van der Waals surface area (Å²) in [7, 11) is 3.56. The molecule has 4 aromatic rings. The van der Waals surface area contributed by atoms with Crippen LogP contribution in [0, 0.1) is 5.82 Å². The average Bonchev–Trinajstić information content (AvgIpc) is 3.29. The van der Waals surface area contributed by atoms with Gasteiger partial charge in [0.15, 0.2) is 0 Å². The lowest BCUT2D eigenvalue weighted by Gasteiger charge is -2.30. The molecule has 178 valence electrons. The fraction of sp³-hybridized carbons (Fsp3) is 0.222. The van der Waals surface area contributed by atoms with Crippen LogP contribution in [0.15, 0.2) is 73.1 Å². The van der Waals surface area contributed by atoms with E-state index in [1.54, 1.807) is 43.3 Å². The van der Waals surface area contributed by atoms with Crippen LogP contribution in [0.3, 0.4) is 0 Å².